The van der Waals surface area contributed by atoms with Gasteiger partial charge in [-0.1, -0.05) is 25.1 Å². The third kappa shape index (κ3) is 2.70. The Morgan fingerprint density at radius 1 is 1.29 bits per heavy atom. The average molecular weight is 231 g/mol. The van der Waals surface area contributed by atoms with Crippen molar-refractivity contribution < 1.29 is 4.42 Å². The Bertz CT molecular complexity index is 465. The van der Waals surface area contributed by atoms with Crippen molar-refractivity contribution in [3.63, 3.8) is 0 Å². The predicted molar refractivity (Wildman–Crippen MR) is 72.1 cm³/mol. The molecule has 2 aromatic rings. The minimum Gasteiger partial charge on any atom is -0.459 e. The fourth-order valence-corrected chi connectivity index (χ4v) is 1.98. The Kier molecular flexibility index (Phi) is 3.25. The molecule has 0 bridgehead atoms. The van der Waals surface area contributed by atoms with Crippen LogP contribution in [0.15, 0.2) is 34.7 Å². The number of rotatable bonds is 4. The highest BCUT2D eigenvalue weighted by Crippen LogP contribution is 2.25. The predicted octanol–water partition coefficient (Wildman–Crippen LogP) is 4.27. The summed E-state index contributed by atoms with van der Waals surface area (Å²) in [4.78, 5) is 0. The largest absolute Gasteiger partial charge is 0.459 e. The van der Waals surface area contributed by atoms with Crippen LogP contribution < -0.4 is 5.32 Å². The van der Waals surface area contributed by atoms with Crippen LogP contribution in [0.5, 0.6) is 0 Å². The van der Waals surface area contributed by atoms with E-state index >= 15 is 0 Å². The quantitative estimate of drug-likeness (QED) is 0.850. The van der Waals surface area contributed by atoms with Crippen molar-refractivity contribution in [1.29, 1.82) is 0 Å². The van der Waals surface area contributed by atoms with Crippen molar-refractivity contribution in [2.24, 2.45) is 0 Å². The molecule has 0 fully saturated rings. The third-order valence-electron chi connectivity index (χ3n) is 3.36. The summed E-state index contributed by atoms with van der Waals surface area (Å²) in [6.07, 6.45) is 1.09. The second-order valence-corrected chi connectivity index (χ2v) is 5.29. The number of furan rings is 1. The molecule has 92 valence electrons. The molecule has 0 spiro atoms. The van der Waals surface area contributed by atoms with Gasteiger partial charge in [-0.25, -0.2) is 0 Å². The van der Waals surface area contributed by atoms with E-state index in [1.54, 1.807) is 0 Å². The van der Waals surface area contributed by atoms with Gasteiger partial charge in [0.1, 0.15) is 11.3 Å². The van der Waals surface area contributed by atoms with E-state index in [9.17, 15) is 0 Å². The van der Waals surface area contributed by atoms with E-state index in [4.69, 9.17) is 4.42 Å². The van der Waals surface area contributed by atoms with Crippen molar-refractivity contribution in [3.8, 4) is 0 Å². The van der Waals surface area contributed by atoms with Crippen LogP contribution in [0.2, 0.25) is 0 Å². The first-order valence-corrected chi connectivity index (χ1v) is 6.28. The molecule has 1 N–H and O–H groups in total. The fraction of sp³-hybridized carbons (Fsp3) is 0.467. The van der Waals surface area contributed by atoms with Crippen LogP contribution in [0.1, 0.15) is 45.9 Å². The molecule has 1 atom stereocenters. The molecule has 0 amide bonds. The zero-order chi connectivity index (χ0) is 12.5. The molecular formula is C15H21NO. The van der Waals surface area contributed by atoms with E-state index in [1.807, 2.05) is 18.2 Å². The van der Waals surface area contributed by atoms with E-state index in [0.717, 1.165) is 17.8 Å². The maximum atomic E-state index is 5.86. The van der Waals surface area contributed by atoms with Gasteiger partial charge in [-0.15, -0.1) is 0 Å². The van der Waals surface area contributed by atoms with E-state index in [1.165, 1.54) is 5.39 Å². The first-order valence-electron chi connectivity index (χ1n) is 6.28. The highest BCUT2D eigenvalue weighted by molar-refractivity contribution is 5.77. The highest BCUT2D eigenvalue weighted by atomic mass is 16.3. The summed E-state index contributed by atoms with van der Waals surface area (Å²) in [6.45, 7) is 8.77. The van der Waals surface area contributed by atoms with Crippen molar-refractivity contribution in [3.05, 3.63) is 36.1 Å². The van der Waals surface area contributed by atoms with E-state index in [-0.39, 0.29) is 11.6 Å². The van der Waals surface area contributed by atoms with Gasteiger partial charge in [-0.3, -0.25) is 0 Å². The Morgan fingerprint density at radius 3 is 2.65 bits per heavy atom. The van der Waals surface area contributed by atoms with Gasteiger partial charge in [0, 0.05) is 10.9 Å². The van der Waals surface area contributed by atoms with Crippen LogP contribution >= 0.6 is 0 Å². The first kappa shape index (κ1) is 12.2. The molecule has 1 aromatic carbocycles. The number of fused-ring (bicyclic) bond motifs is 1. The van der Waals surface area contributed by atoms with E-state index in [0.29, 0.717) is 0 Å². The third-order valence-corrected chi connectivity index (χ3v) is 3.36. The van der Waals surface area contributed by atoms with Gasteiger partial charge in [0.2, 0.25) is 0 Å². The lowest BCUT2D eigenvalue weighted by Crippen LogP contribution is -2.39. The summed E-state index contributed by atoms with van der Waals surface area (Å²) in [7, 11) is 0. The lowest BCUT2D eigenvalue weighted by Gasteiger charge is -2.28. The molecule has 2 rings (SSSR count). The monoisotopic (exact) mass is 231 g/mol. The molecule has 0 radical (unpaired) electrons. The molecule has 0 aliphatic rings. The smallest absolute Gasteiger partial charge is 0.134 e. The van der Waals surface area contributed by atoms with Crippen LogP contribution in [0.4, 0.5) is 0 Å². The SMILES string of the molecule is CCC(C)(C)NC(C)c1cc2ccccc2o1. The van der Waals surface area contributed by atoms with E-state index < -0.39 is 0 Å². The van der Waals surface area contributed by atoms with Gasteiger partial charge < -0.3 is 9.73 Å². The molecule has 1 aromatic heterocycles. The minimum absolute atomic E-state index is 0.137. The van der Waals surface area contributed by atoms with Gasteiger partial charge in [0.15, 0.2) is 0 Å². The van der Waals surface area contributed by atoms with Crippen molar-refractivity contribution in [1.82, 2.24) is 5.32 Å². The number of para-hydroxylation sites is 1. The van der Waals surface area contributed by atoms with Crippen LogP contribution in [0.3, 0.4) is 0 Å². The number of nitrogens with one attached hydrogen (secondary N) is 1. The Hall–Kier alpha value is -1.28. The molecular weight excluding hydrogens is 210 g/mol. The second-order valence-electron chi connectivity index (χ2n) is 5.29. The van der Waals surface area contributed by atoms with Gasteiger partial charge >= 0.3 is 0 Å². The van der Waals surface area contributed by atoms with Crippen LogP contribution in [-0.2, 0) is 0 Å². The van der Waals surface area contributed by atoms with Crippen molar-refractivity contribution in [2.45, 2.75) is 45.7 Å². The lowest BCUT2D eigenvalue weighted by molar-refractivity contribution is 0.313. The number of hydrogen-bond acceptors (Lipinski definition) is 2. The van der Waals surface area contributed by atoms with Gasteiger partial charge in [-0.05, 0) is 39.3 Å². The molecule has 2 heteroatoms. The molecule has 1 heterocycles. The lowest BCUT2D eigenvalue weighted by atomic mass is 10.0. The summed E-state index contributed by atoms with van der Waals surface area (Å²) in [5, 5.41) is 4.76. The number of hydrogen-bond donors (Lipinski definition) is 1. The normalized spacial score (nSPS) is 14.1. The summed E-state index contributed by atoms with van der Waals surface area (Å²) >= 11 is 0. The topological polar surface area (TPSA) is 25.2 Å². The maximum Gasteiger partial charge on any atom is 0.134 e. The summed E-state index contributed by atoms with van der Waals surface area (Å²) in [5.41, 5.74) is 1.10. The zero-order valence-corrected chi connectivity index (χ0v) is 11.1. The van der Waals surface area contributed by atoms with Crippen LogP contribution in [0, 0.1) is 0 Å². The second kappa shape index (κ2) is 4.53. The van der Waals surface area contributed by atoms with Gasteiger partial charge in [-0.2, -0.15) is 0 Å². The Morgan fingerprint density at radius 2 is 2.00 bits per heavy atom. The summed E-state index contributed by atoms with van der Waals surface area (Å²) in [5.74, 6) is 1.01. The fourth-order valence-electron chi connectivity index (χ4n) is 1.98. The van der Waals surface area contributed by atoms with Gasteiger partial charge in [0.05, 0.1) is 6.04 Å². The van der Waals surface area contributed by atoms with Crippen LogP contribution in [-0.4, -0.2) is 5.54 Å². The molecule has 0 aliphatic carbocycles. The molecule has 0 saturated heterocycles. The number of benzene rings is 1. The Labute approximate surface area is 103 Å². The Balaban J connectivity index is 2.22. The minimum atomic E-state index is 0.137. The molecule has 0 aliphatic heterocycles. The van der Waals surface area contributed by atoms with Crippen LogP contribution in [0.25, 0.3) is 11.0 Å². The van der Waals surface area contributed by atoms with Crippen molar-refractivity contribution >= 4 is 11.0 Å². The summed E-state index contributed by atoms with van der Waals surface area (Å²) in [6, 6.07) is 10.5. The van der Waals surface area contributed by atoms with E-state index in [2.05, 4.69) is 45.1 Å². The first-order chi connectivity index (χ1) is 8.02. The molecule has 1 unspecified atom stereocenters. The summed E-state index contributed by atoms with van der Waals surface area (Å²) < 4.78 is 5.86. The molecule has 17 heavy (non-hydrogen) atoms. The maximum absolute atomic E-state index is 5.86. The highest BCUT2D eigenvalue weighted by Gasteiger charge is 2.20. The van der Waals surface area contributed by atoms with Crippen molar-refractivity contribution in [2.75, 3.05) is 0 Å². The molecule has 0 saturated carbocycles. The standard InChI is InChI=1S/C15H21NO/c1-5-15(3,4)16-11(2)14-10-12-8-6-7-9-13(12)17-14/h6-11,16H,5H2,1-4H3. The average Bonchev–Trinajstić information content (AvgIpc) is 2.72. The zero-order valence-electron chi connectivity index (χ0n) is 11.1. The van der Waals surface area contributed by atoms with Gasteiger partial charge in [0.25, 0.3) is 0 Å². The molecule has 2 nitrogen and oxygen atoms in total.